The molecule has 1 aliphatic heterocycles. The fourth-order valence-electron chi connectivity index (χ4n) is 4.14. The van der Waals surface area contributed by atoms with Crippen LogP contribution in [0.15, 0.2) is 95.4 Å². The van der Waals surface area contributed by atoms with Crippen LogP contribution < -0.4 is 10.2 Å². The van der Waals surface area contributed by atoms with Gasteiger partial charge in [0.25, 0.3) is 0 Å². The molecule has 7 nitrogen and oxygen atoms in total. The molecule has 1 atom stereocenters. The van der Waals surface area contributed by atoms with Crippen LogP contribution in [0.3, 0.4) is 0 Å². The van der Waals surface area contributed by atoms with E-state index in [2.05, 4.69) is 15.5 Å². The van der Waals surface area contributed by atoms with Crippen LogP contribution in [-0.2, 0) is 9.59 Å². The molecule has 2 heterocycles. The molecular weight excluding hydrogens is 416 g/mol. The molecule has 33 heavy (non-hydrogen) atoms. The van der Waals surface area contributed by atoms with Crippen LogP contribution in [0.25, 0.3) is 0 Å². The second kappa shape index (κ2) is 9.08. The molecule has 3 aromatic carbocycles. The van der Waals surface area contributed by atoms with Gasteiger partial charge in [-0.05, 0) is 23.3 Å². The van der Waals surface area contributed by atoms with E-state index in [1.54, 1.807) is 4.90 Å². The molecule has 5 rings (SSSR count). The Bertz CT molecular complexity index is 1200. The van der Waals surface area contributed by atoms with Gasteiger partial charge in [-0.2, -0.15) is 0 Å². The first-order valence-corrected chi connectivity index (χ1v) is 10.8. The number of hydrogen-bond acceptors (Lipinski definition) is 5. The number of carbonyl (C=O) groups is 2. The number of nitrogens with one attached hydrogen (secondary N) is 1. The predicted octanol–water partition coefficient (Wildman–Crippen LogP) is 4.36. The Morgan fingerprint density at radius 1 is 0.879 bits per heavy atom. The Morgan fingerprint density at radius 2 is 1.45 bits per heavy atom. The van der Waals surface area contributed by atoms with Crippen molar-refractivity contribution < 1.29 is 14.0 Å². The van der Waals surface area contributed by atoms with Gasteiger partial charge in [0.15, 0.2) is 0 Å². The number of anilines is 2. The van der Waals surface area contributed by atoms with Gasteiger partial charge in [0.2, 0.25) is 17.7 Å². The Hall–Kier alpha value is -4.26. The number of carbonyl (C=O) groups excluding carboxylic acids is 2. The number of amides is 2. The monoisotopic (exact) mass is 438 g/mol. The summed E-state index contributed by atoms with van der Waals surface area (Å²) in [5.74, 6) is -0.674. The minimum Gasteiger partial charge on any atom is -0.407 e. The number of rotatable bonds is 6. The topological polar surface area (TPSA) is 88.3 Å². The molecule has 2 amide bonds. The van der Waals surface area contributed by atoms with Crippen molar-refractivity contribution in [2.24, 2.45) is 0 Å². The summed E-state index contributed by atoms with van der Waals surface area (Å²) in [7, 11) is 0. The molecule has 0 saturated carbocycles. The third-order valence-electron chi connectivity index (χ3n) is 5.74. The molecule has 0 spiro atoms. The number of para-hydroxylation sites is 1. The highest BCUT2D eigenvalue weighted by Crippen LogP contribution is 2.32. The lowest BCUT2D eigenvalue weighted by atomic mass is 9.90. The number of aromatic nitrogens is 2. The van der Waals surface area contributed by atoms with Crippen LogP contribution in [0, 0.1) is 0 Å². The molecule has 1 fully saturated rings. The standard InChI is InChI=1S/C26H22N4O3/c31-22-16-20(17-30(22)21-14-8-3-9-15-21)25-28-29-26(33-25)27-24(32)23(18-10-4-1-5-11-18)19-12-6-2-7-13-19/h1-15,20,23H,16-17H2,(H,27,29,32). The van der Waals surface area contributed by atoms with Crippen molar-refractivity contribution in [1.82, 2.24) is 10.2 Å². The third-order valence-corrected chi connectivity index (χ3v) is 5.74. The molecule has 0 radical (unpaired) electrons. The van der Waals surface area contributed by atoms with Gasteiger partial charge in [-0.1, -0.05) is 84.0 Å². The minimum atomic E-state index is -0.524. The SMILES string of the molecule is O=C(Nc1nnc(C2CC(=O)N(c3ccccc3)C2)o1)C(c1ccccc1)c1ccccc1. The Labute approximate surface area is 191 Å². The molecule has 1 aromatic heterocycles. The number of benzene rings is 3. The van der Waals surface area contributed by atoms with Gasteiger partial charge in [0, 0.05) is 18.7 Å². The summed E-state index contributed by atoms with van der Waals surface area (Å²) in [6, 6.07) is 28.6. The second-order valence-corrected chi connectivity index (χ2v) is 7.93. The third kappa shape index (κ3) is 4.39. The Morgan fingerprint density at radius 3 is 2.06 bits per heavy atom. The molecule has 7 heteroatoms. The van der Waals surface area contributed by atoms with E-state index in [0.29, 0.717) is 12.4 Å². The van der Waals surface area contributed by atoms with Gasteiger partial charge in [-0.25, -0.2) is 0 Å². The lowest BCUT2D eigenvalue weighted by Gasteiger charge is -2.16. The largest absolute Gasteiger partial charge is 0.407 e. The highest BCUT2D eigenvalue weighted by molar-refractivity contribution is 5.97. The van der Waals surface area contributed by atoms with E-state index in [-0.39, 0.29) is 30.2 Å². The normalized spacial score (nSPS) is 15.7. The van der Waals surface area contributed by atoms with Crippen molar-refractivity contribution in [1.29, 1.82) is 0 Å². The van der Waals surface area contributed by atoms with Gasteiger partial charge >= 0.3 is 6.01 Å². The van der Waals surface area contributed by atoms with Crippen molar-refractivity contribution in [2.75, 3.05) is 16.8 Å². The summed E-state index contributed by atoms with van der Waals surface area (Å²) in [4.78, 5) is 27.5. The maximum absolute atomic E-state index is 13.2. The molecule has 164 valence electrons. The highest BCUT2D eigenvalue weighted by atomic mass is 16.4. The molecule has 1 N–H and O–H groups in total. The summed E-state index contributed by atoms with van der Waals surface area (Å²) in [5.41, 5.74) is 2.56. The zero-order valence-corrected chi connectivity index (χ0v) is 17.8. The van der Waals surface area contributed by atoms with E-state index in [9.17, 15) is 9.59 Å². The van der Waals surface area contributed by atoms with Crippen LogP contribution in [0.5, 0.6) is 0 Å². The zero-order chi connectivity index (χ0) is 22.6. The van der Waals surface area contributed by atoms with Crippen molar-refractivity contribution >= 4 is 23.5 Å². The summed E-state index contributed by atoms with van der Waals surface area (Å²) >= 11 is 0. The molecule has 1 unspecified atom stereocenters. The van der Waals surface area contributed by atoms with E-state index >= 15 is 0 Å². The second-order valence-electron chi connectivity index (χ2n) is 7.93. The predicted molar refractivity (Wildman–Crippen MR) is 124 cm³/mol. The first kappa shape index (κ1) is 20.6. The smallest absolute Gasteiger partial charge is 0.322 e. The average Bonchev–Trinajstić information content (AvgIpc) is 3.48. The maximum atomic E-state index is 13.2. The van der Waals surface area contributed by atoms with E-state index in [4.69, 9.17) is 4.42 Å². The average molecular weight is 438 g/mol. The van der Waals surface area contributed by atoms with Gasteiger partial charge in [0.05, 0.1) is 11.8 Å². The summed E-state index contributed by atoms with van der Waals surface area (Å²) < 4.78 is 5.76. The Kier molecular flexibility index (Phi) is 5.68. The maximum Gasteiger partial charge on any atom is 0.322 e. The summed E-state index contributed by atoms with van der Waals surface area (Å²) in [6.45, 7) is 0.453. The molecule has 1 aliphatic rings. The molecular formula is C26H22N4O3. The van der Waals surface area contributed by atoms with Crippen LogP contribution in [0.2, 0.25) is 0 Å². The summed E-state index contributed by atoms with van der Waals surface area (Å²) in [6.07, 6.45) is 0.279. The highest BCUT2D eigenvalue weighted by Gasteiger charge is 2.35. The molecule has 0 bridgehead atoms. The van der Waals surface area contributed by atoms with E-state index in [1.165, 1.54) is 0 Å². The van der Waals surface area contributed by atoms with Gasteiger partial charge in [0.1, 0.15) is 0 Å². The van der Waals surface area contributed by atoms with Crippen LogP contribution in [0.4, 0.5) is 11.7 Å². The van der Waals surface area contributed by atoms with E-state index in [0.717, 1.165) is 16.8 Å². The van der Waals surface area contributed by atoms with Gasteiger partial charge in [-0.15, -0.1) is 5.10 Å². The van der Waals surface area contributed by atoms with E-state index < -0.39 is 5.92 Å². The van der Waals surface area contributed by atoms with Crippen molar-refractivity contribution in [3.8, 4) is 0 Å². The number of hydrogen-bond donors (Lipinski definition) is 1. The van der Waals surface area contributed by atoms with Crippen molar-refractivity contribution in [3.05, 3.63) is 108 Å². The fourth-order valence-corrected chi connectivity index (χ4v) is 4.14. The minimum absolute atomic E-state index is 0.00297. The fraction of sp³-hybridized carbons (Fsp3) is 0.154. The van der Waals surface area contributed by atoms with Crippen LogP contribution in [-0.4, -0.2) is 28.6 Å². The van der Waals surface area contributed by atoms with Gasteiger partial charge < -0.3 is 9.32 Å². The first-order valence-electron chi connectivity index (χ1n) is 10.8. The molecule has 1 saturated heterocycles. The van der Waals surface area contributed by atoms with E-state index in [1.807, 2.05) is 91.0 Å². The van der Waals surface area contributed by atoms with Gasteiger partial charge in [-0.3, -0.25) is 14.9 Å². The number of nitrogens with zero attached hydrogens (tertiary/aromatic N) is 3. The van der Waals surface area contributed by atoms with Crippen molar-refractivity contribution in [3.63, 3.8) is 0 Å². The van der Waals surface area contributed by atoms with Crippen LogP contribution >= 0.6 is 0 Å². The lowest BCUT2D eigenvalue weighted by Crippen LogP contribution is -2.24. The summed E-state index contributed by atoms with van der Waals surface area (Å²) in [5, 5.41) is 10.9. The Balaban J connectivity index is 1.33. The van der Waals surface area contributed by atoms with Crippen LogP contribution in [0.1, 0.15) is 35.3 Å². The van der Waals surface area contributed by atoms with Crippen molar-refractivity contribution in [2.45, 2.75) is 18.3 Å². The lowest BCUT2D eigenvalue weighted by molar-refractivity contribution is -0.117. The molecule has 4 aromatic rings. The zero-order valence-electron chi connectivity index (χ0n) is 17.8. The molecule has 0 aliphatic carbocycles. The first-order chi connectivity index (χ1) is 16.2. The quantitative estimate of drug-likeness (QED) is 0.483.